The summed E-state index contributed by atoms with van der Waals surface area (Å²) < 4.78 is 6.42. The summed E-state index contributed by atoms with van der Waals surface area (Å²) in [6.07, 6.45) is 12.3. The SMILES string of the molecule is C[C@H]([C@@H]1C[C@H](O)C(C)(C)O1)[C@H]1CC[C@@]2(C)C3=CC[C@H]4C(C)(C)[C@@H](O)CC[C@]4(C)C3=CC[C@]12C. The van der Waals surface area contributed by atoms with Crippen molar-refractivity contribution in [3.05, 3.63) is 23.3 Å². The standard InChI is InChI=1S/C30H48O3/c1-18(22-17-25(32)27(4,5)33-22)19-11-15-30(8)21-9-10-23-26(2,3)24(31)13-14-28(23,6)20(21)12-16-29(19,30)7/h9,12,18-19,22-25,31-32H,10-11,13-17H2,1-8H3/t18-,19+,22-,23-,24-,25-,28+,29+,30-/m0/s1. The van der Waals surface area contributed by atoms with Crippen molar-refractivity contribution < 1.29 is 14.9 Å². The summed E-state index contributed by atoms with van der Waals surface area (Å²) in [6.45, 7) is 18.6. The summed E-state index contributed by atoms with van der Waals surface area (Å²) >= 11 is 0. The van der Waals surface area contributed by atoms with E-state index in [1.54, 1.807) is 11.1 Å². The van der Waals surface area contributed by atoms with Gasteiger partial charge in [-0.1, -0.05) is 53.7 Å². The first-order valence-corrected chi connectivity index (χ1v) is 13.6. The highest BCUT2D eigenvalue weighted by molar-refractivity contribution is 5.49. The topological polar surface area (TPSA) is 49.7 Å². The van der Waals surface area contributed by atoms with Crippen molar-refractivity contribution in [3.8, 4) is 0 Å². The molecule has 0 amide bonds. The molecule has 4 aliphatic carbocycles. The van der Waals surface area contributed by atoms with E-state index in [2.05, 4.69) is 53.7 Å². The van der Waals surface area contributed by atoms with Gasteiger partial charge in [-0.05, 0) is 103 Å². The summed E-state index contributed by atoms with van der Waals surface area (Å²) in [4.78, 5) is 0. The van der Waals surface area contributed by atoms with Crippen LogP contribution in [0, 0.1) is 39.4 Å². The van der Waals surface area contributed by atoms with E-state index in [4.69, 9.17) is 4.74 Å². The predicted octanol–water partition coefficient (Wildman–Crippen LogP) is 6.44. The fraction of sp³-hybridized carbons (Fsp3) is 0.867. The Bertz CT molecular complexity index is 883. The van der Waals surface area contributed by atoms with E-state index in [0.717, 1.165) is 32.1 Å². The molecular formula is C30H48O3. The van der Waals surface area contributed by atoms with Gasteiger partial charge in [0.15, 0.2) is 0 Å². The van der Waals surface area contributed by atoms with Crippen LogP contribution >= 0.6 is 0 Å². The van der Waals surface area contributed by atoms with Gasteiger partial charge >= 0.3 is 0 Å². The largest absolute Gasteiger partial charge is 0.393 e. The van der Waals surface area contributed by atoms with E-state index in [9.17, 15) is 10.2 Å². The number of aliphatic hydroxyl groups is 2. The zero-order valence-electron chi connectivity index (χ0n) is 22.4. The summed E-state index contributed by atoms with van der Waals surface area (Å²) in [5.41, 5.74) is 3.34. The molecule has 0 aromatic carbocycles. The van der Waals surface area contributed by atoms with Crippen LogP contribution in [0.1, 0.15) is 100 Å². The van der Waals surface area contributed by atoms with Gasteiger partial charge in [0.1, 0.15) is 0 Å². The van der Waals surface area contributed by atoms with Crippen molar-refractivity contribution in [1.82, 2.24) is 0 Å². The molecule has 1 saturated heterocycles. The molecule has 0 radical (unpaired) electrons. The second-order valence-corrected chi connectivity index (χ2v) is 14.3. The first-order chi connectivity index (χ1) is 15.2. The zero-order valence-corrected chi connectivity index (χ0v) is 22.4. The maximum Gasteiger partial charge on any atom is 0.0889 e. The molecule has 1 heterocycles. The van der Waals surface area contributed by atoms with E-state index in [1.165, 1.54) is 12.8 Å². The first-order valence-electron chi connectivity index (χ1n) is 13.6. The van der Waals surface area contributed by atoms with Crippen molar-refractivity contribution in [3.63, 3.8) is 0 Å². The highest BCUT2D eigenvalue weighted by Crippen LogP contribution is 2.72. The van der Waals surface area contributed by atoms with Gasteiger partial charge in [0, 0.05) is 6.42 Å². The lowest BCUT2D eigenvalue weighted by Crippen LogP contribution is -2.54. The molecule has 5 rings (SSSR count). The van der Waals surface area contributed by atoms with E-state index in [-0.39, 0.29) is 40.0 Å². The van der Waals surface area contributed by atoms with Gasteiger partial charge in [0.05, 0.1) is 23.9 Å². The first kappa shape index (κ1) is 24.1. The van der Waals surface area contributed by atoms with Crippen molar-refractivity contribution in [2.24, 2.45) is 39.4 Å². The molecule has 186 valence electrons. The van der Waals surface area contributed by atoms with Crippen molar-refractivity contribution in [2.45, 2.75) is 124 Å². The highest BCUT2D eigenvalue weighted by atomic mass is 16.5. The molecule has 3 heteroatoms. The highest BCUT2D eigenvalue weighted by Gasteiger charge is 2.64. The number of hydrogen-bond donors (Lipinski definition) is 2. The molecule has 3 nitrogen and oxygen atoms in total. The molecule has 2 saturated carbocycles. The average molecular weight is 457 g/mol. The third kappa shape index (κ3) is 3.04. The summed E-state index contributed by atoms with van der Waals surface area (Å²) in [5.74, 6) is 1.55. The lowest BCUT2D eigenvalue weighted by Gasteiger charge is -2.61. The van der Waals surface area contributed by atoms with Crippen LogP contribution in [-0.4, -0.2) is 34.1 Å². The zero-order chi connectivity index (χ0) is 24.2. The molecule has 2 N–H and O–H groups in total. The number of rotatable bonds is 2. The van der Waals surface area contributed by atoms with Gasteiger partial charge in [0.2, 0.25) is 0 Å². The van der Waals surface area contributed by atoms with Crippen molar-refractivity contribution in [1.29, 1.82) is 0 Å². The van der Waals surface area contributed by atoms with E-state index < -0.39 is 5.60 Å². The Morgan fingerprint density at radius 3 is 2.24 bits per heavy atom. The maximum absolute atomic E-state index is 10.8. The molecule has 0 spiro atoms. The van der Waals surface area contributed by atoms with Gasteiger partial charge in [-0.25, -0.2) is 0 Å². The minimum absolute atomic E-state index is 0.0439. The smallest absolute Gasteiger partial charge is 0.0889 e. The summed E-state index contributed by atoms with van der Waals surface area (Å²) in [6, 6.07) is 0. The molecular weight excluding hydrogens is 408 g/mol. The van der Waals surface area contributed by atoms with E-state index in [0.29, 0.717) is 17.8 Å². The van der Waals surface area contributed by atoms with Gasteiger partial charge in [0.25, 0.3) is 0 Å². The Balaban J connectivity index is 1.48. The lowest BCUT2D eigenvalue weighted by molar-refractivity contribution is -0.0912. The third-order valence-corrected chi connectivity index (χ3v) is 12.2. The fourth-order valence-electron chi connectivity index (χ4n) is 9.48. The second-order valence-electron chi connectivity index (χ2n) is 14.3. The lowest BCUT2D eigenvalue weighted by atomic mass is 9.44. The molecule has 0 unspecified atom stereocenters. The van der Waals surface area contributed by atoms with Crippen LogP contribution in [0.15, 0.2) is 23.3 Å². The number of hydrogen-bond acceptors (Lipinski definition) is 3. The minimum atomic E-state index is -0.435. The second kappa shape index (κ2) is 7.20. The number of fused-ring (bicyclic) bond motifs is 5. The van der Waals surface area contributed by atoms with Crippen LogP contribution in [0.5, 0.6) is 0 Å². The van der Waals surface area contributed by atoms with E-state index >= 15 is 0 Å². The number of ether oxygens (including phenoxy) is 1. The predicted molar refractivity (Wildman–Crippen MR) is 134 cm³/mol. The van der Waals surface area contributed by atoms with Crippen LogP contribution in [0.4, 0.5) is 0 Å². The maximum atomic E-state index is 10.8. The number of aliphatic hydroxyl groups excluding tert-OH is 2. The Morgan fingerprint density at radius 1 is 0.909 bits per heavy atom. The van der Waals surface area contributed by atoms with Gasteiger partial charge < -0.3 is 14.9 Å². The van der Waals surface area contributed by atoms with Gasteiger partial charge in [-0.2, -0.15) is 0 Å². The van der Waals surface area contributed by atoms with Crippen LogP contribution in [0.3, 0.4) is 0 Å². The third-order valence-electron chi connectivity index (χ3n) is 12.2. The van der Waals surface area contributed by atoms with Crippen LogP contribution in [0.25, 0.3) is 0 Å². The van der Waals surface area contributed by atoms with Gasteiger partial charge in [-0.3, -0.25) is 0 Å². The van der Waals surface area contributed by atoms with Crippen molar-refractivity contribution >= 4 is 0 Å². The van der Waals surface area contributed by atoms with Crippen LogP contribution in [0.2, 0.25) is 0 Å². The monoisotopic (exact) mass is 456 g/mol. The van der Waals surface area contributed by atoms with E-state index in [1.807, 2.05) is 13.8 Å². The fourth-order valence-corrected chi connectivity index (χ4v) is 9.48. The van der Waals surface area contributed by atoms with Crippen LogP contribution in [-0.2, 0) is 4.74 Å². The van der Waals surface area contributed by atoms with Gasteiger partial charge in [-0.15, -0.1) is 0 Å². The molecule has 33 heavy (non-hydrogen) atoms. The minimum Gasteiger partial charge on any atom is -0.393 e. The normalized spacial score (nSPS) is 51.2. The summed E-state index contributed by atoms with van der Waals surface area (Å²) in [7, 11) is 0. The van der Waals surface area contributed by atoms with Crippen molar-refractivity contribution in [2.75, 3.05) is 0 Å². The quantitative estimate of drug-likeness (QED) is 0.503. The average Bonchev–Trinajstić information content (AvgIpc) is 3.17. The Hall–Kier alpha value is -0.640. The molecule has 0 aromatic heterocycles. The molecule has 5 aliphatic rings. The molecule has 0 bridgehead atoms. The summed E-state index contributed by atoms with van der Waals surface area (Å²) in [5, 5.41) is 21.4. The molecule has 3 fully saturated rings. The molecule has 9 atom stereocenters. The number of allylic oxidation sites excluding steroid dienone is 4. The Morgan fingerprint density at radius 2 is 1.61 bits per heavy atom. The van der Waals surface area contributed by atoms with Crippen LogP contribution < -0.4 is 0 Å². The Labute approximate surface area is 202 Å². The molecule has 1 aliphatic heterocycles. The molecule has 0 aromatic rings. The Kier molecular flexibility index (Phi) is 5.25.